The van der Waals surface area contributed by atoms with Crippen molar-refractivity contribution in [3.8, 4) is 17.1 Å². The van der Waals surface area contributed by atoms with Gasteiger partial charge in [0.25, 0.3) is 0 Å². The maximum Gasteiger partial charge on any atom is 0.193 e. The summed E-state index contributed by atoms with van der Waals surface area (Å²) in [6.07, 6.45) is 0. The van der Waals surface area contributed by atoms with Crippen molar-refractivity contribution in [3.05, 3.63) is 77.0 Å². The molecule has 1 heterocycles. The topological polar surface area (TPSA) is 39.4 Å². The number of hydrogen-bond donors (Lipinski definition) is 0. The maximum atomic E-state index is 12.4. The zero-order valence-electron chi connectivity index (χ0n) is 12.6. The van der Waals surface area contributed by atoms with Crippen LogP contribution in [0.1, 0.15) is 0 Å². The van der Waals surface area contributed by atoms with Crippen molar-refractivity contribution in [2.24, 2.45) is 0 Å². The molecule has 0 saturated carbocycles. The number of rotatable bonds is 2. The van der Waals surface area contributed by atoms with Crippen molar-refractivity contribution >= 4 is 21.7 Å². The van der Waals surface area contributed by atoms with Crippen LogP contribution < -0.4 is 10.2 Å². The second-order valence-electron chi connectivity index (χ2n) is 5.36. The van der Waals surface area contributed by atoms with Crippen molar-refractivity contribution in [1.82, 2.24) is 0 Å². The third-order valence-corrected chi connectivity index (χ3v) is 3.99. The fourth-order valence-electron chi connectivity index (χ4n) is 2.84. The average Bonchev–Trinajstić information content (AvgIpc) is 2.60. The predicted molar refractivity (Wildman–Crippen MR) is 92.0 cm³/mol. The highest BCUT2D eigenvalue weighted by Gasteiger charge is 2.10. The molecule has 0 aliphatic carbocycles. The fourth-order valence-corrected chi connectivity index (χ4v) is 2.84. The van der Waals surface area contributed by atoms with Crippen LogP contribution >= 0.6 is 0 Å². The van der Waals surface area contributed by atoms with Crippen LogP contribution in [0.4, 0.5) is 0 Å². The van der Waals surface area contributed by atoms with Gasteiger partial charge in [-0.25, -0.2) is 0 Å². The quantitative estimate of drug-likeness (QED) is 0.542. The molecule has 3 nitrogen and oxygen atoms in total. The Morgan fingerprint density at radius 1 is 0.870 bits per heavy atom. The largest absolute Gasteiger partial charge is 0.497 e. The van der Waals surface area contributed by atoms with Gasteiger partial charge in [-0.3, -0.25) is 4.79 Å². The lowest BCUT2D eigenvalue weighted by atomic mass is 10.0. The maximum absolute atomic E-state index is 12.4. The van der Waals surface area contributed by atoms with Crippen LogP contribution in [-0.4, -0.2) is 7.11 Å². The molecule has 0 spiro atoms. The number of benzene rings is 3. The molecule has 0 radical (unpaired) electrons. The van der Waals surface area contributed by atoms with Crippen LogP contribution in [0.3, 0.4) is 0 Å². The van der Waals surface area contributed by atoms with Crippen LogP contribution in [0, 0.1) is 0 Å². The van der Waals surface area contributed by atoms with Crippen molar-refractivity contribution in [3.63, 3.8) is 0 Å². The van der Waals surface area contributed by atoms with Gasteiger partial charge in [0.05, 0.1) is 12.5 Å². The Kier molecular flexibility index (Phi) is 3.12. The van der Waals surface area contributed by atoms with E-state index in [-0.39, 0.29) is 5.43 Å². The molecule has 0 aliphatic heterocycles. The normalized spacial score (nSPS) is 11.0. The average molecular weight is 302 g/mol. The summed E-state index contributed by atoms with van der Waals surface area (Å²) in [5.41, 5.74) is 1.38. The van der Waals surface area contributed by atoms with Gasteiger partial charge in [0.2, 0.25) is 0 Å². The molecule has 112 valence electrons. The van der Waals surface area contributed by atoms with Gasteiger partial charge in [-0.15, -0.1) is 0 Å². The Balaban J connectivity index is 2.03. The molecule has 0 aliphatic rings. The first kappa shape index (κ1) is 13.6. The Labute approximate surface area is 132 Å². The summed E-state index contributed by atoms with van der Waals surface area (Å²) in [6, 6.07) is 20.8. The highest BCUT2D eigenvalue weighted by molar-refractivity contribution is 5.96. The SMILES string of the molecule is COc1ccc2c(=O)cc(-c3cccc4ccccc34)oc2c1. The van der Waals surface area contributed by atoms with Crippen LogP contribution in [0.5, 0.6) is 5.75 Å². The lowest BCUT2D eigenvalue weighted by Crippen LogP contribution is -2.00. The van der Waals surface area contributed by atoms with Crippen molar-refractivity contribution in [2.45, 2.75) is 0 Å². The summed E-state index contributed by atoms with van der Waals surface area (Å²) in [5.74, 6) is 1.23. The van der Waals surface area contributed by atoms with Crippen molar-refractivity contribution in [1.29, 1.82) is 0 Å². The van der Waals surface area contributed by atoms with E-state index in [0.29, 0.717) is 22.5 Å². The standard InChI is InChI=1S/C20H14O3/c1-22-14-9-10-17-18(21)12-20(23-19(17)11-14)16-8-4-6-13-5-2-3-7-15(13)16/h2-12H,1H3. The first-order valence-electron chi connectivity index (χ1n) is 7.36. The lowest BCUT2D eigenvalue weighted by molar-refractivity contribution is 0.414. The van der Waals surface area contributed by atoms with Gasteiger partial charge in [0, 0.05) is 17.7 Å². The Morgan fingerprint density at radius 3 is 2.57 bits per heavy atom. The third kappa shape index (κ3) is 2.27. The van der Waals surface area contributed by atoms with E-state index in [9.17, 15) is 4.79 Å². The van der Waals surface area contributed by atoms with Crippen LogP contribution in [0.2, 0.25) is 0 Å². The zero-order valence-corrected chi connectivity index (χ0v) is 12.6. The summed E-state index contributed by atoms with van der Waals surface area (Å²) in [5, 5.41) is 2.72. The molecule has 0 atom stereocenters. The molecule has 0 N–H and O–H groups in total. The Bertz CT molecular complexity index is 1070. The van der Waals surface area contributed by atoms with Gasteiger partial charge in [0.15, 0.2) is 5.43 Å². The van der Waals surface area contributed by atoms with E-state index in [1.54, 1.807) is 31.4 Å². The Hall–Kier alpha value is -3.07. The van der Waals surface area contributed by atoms with Crippen molar-refractivity contribution < 1.29 is 9.15 Å². The molecule has 0 fully saturated rings. The molecular weight excluding hydrogens is 288 g/mol. The summed E-state index contributed by atoms with van der Waals surface area (Å²) in [4.78, 5) is 12.4. The highest BCUT2D eigenvalue weighted by Crippen LogP contribution is 2.30. The summed E-state index contributed by atoms with van der Waals surface area (Å²) in [7, 11) is 1.59. The monoisotopic (exact) mass is 302 g/mol. The summed E-state index contributed by atoms with van der Waals surface area (Å²) in [6.45, 7) is 0. The van der Waals surface area contributed by atoms with E-state index in [2.05, 4.69) is 0 Å². The molecule has 1 aromatic heterocycles. The van der Waals surface area contributed by atoms with E-state index >= 15 is 0 Å². The van der Waals surface area contributed by atoms with Crippen molar-refractivity contribution in [2.75, 3.05) is 7.11 Å². The molecule has 0 bridgehead atoms. The third-order valence-electron chi connectivity index (χ3n) is 3.99. The van der Waals surface area contributed by atoms with Crippen LogP contribution in [-0.2, 0) is 0 Å². The van der Waals surface area contributed by atoms with Gasteiger partial charge in [-0.2, -0.15) is 0 Å². The number of ether oxygens (including phenoxy) is 1. The summed E-state index contributed by atoms with van der Waals surface area (Å²) < 4.78 is 11.2. The molecule has 0 unspecified atom stereocenters. The van der Waals surface area contributed by atoms with E-state index < -0.39 is 0 Å². The van der Waals surface area contributed by atoms with Crippen LogP contribution in [0.15, 0.2) is 75.9 Å². The summed E-state index contributed by atoms with van der Waals surface area (Å²) >= 11 is 0. The minimum absolute atomic E-state index is 0.0585. The van der Waals surface area contributed by atoms with Crippen LogP contribution in [0.25, 0.3) is 33.1 Å². The molecular formula is C20H14O3. The van der Waals surface area contributed by atoms with Gasteiger partial charge in [-0.05, 0) is 22.9 Å². The minimum Gasteiger partial charge on any atom is -0.497 e. The lowest BCUT2D eigenvalue weighted by Gasteiger charge is -2.07. The first-order valence-corrected chi connectivity index (χ1v) is 7.36. The molecule has 23 heavy (non-hydrogen) atoms. The smallest absolute Gasteiger partial charge is 0.193 e. The molecule has 3 heteroatoms. The fraction of sp³-hybridized carbons (Fsp3) is 0.0500. The molecule has 4 aromatic rings. The van der Waals surface area contributed by atoms with Gasteiger partial charge < -0.3 is 9.15 Å². The molecule has 4 rings (SSSR count). The van der Waals surface area contributed by atoms with E-state index in [1.165, 1.54) is 0 Å². The van der Waals surface area contributed by atoms with Gasteiger partial charge >= 0.3 is 0 Å². The Morgan fingerprint density at radius 2 is 1.70 bits per heavy atom. The van der Waals surface area contributed by atoms with E-state index in [4.69, 9.17) is 9.15 Å². The minimum atomic E-state index is -0.0585. The second-order valence-corrected chi connectivity index (χ2v) is 5.36. The first-order chi connectivity index (χ1) is 11.3. The number of methoxy groups -OCH3 is 1. The predicted octanol–water partition coefficient (Wildman–Crippen LogP) is 4.62. The van der Waals surface area contributed by atoms with E-state index in [1.807, 2.05) is 42.5 Å². The number of fused-ring (bicyclic) bond motifs is 2. The number of hydrogen-bond acceptors (Lipinski definition) is 3. The molecule has 3 aromatic carbocycles. The molecule has 0 saturated heterocycles. The van der Waals surface area contributed by atoms with Gasteiger partial charge in [-0.1, -0.05) is 42.5 Å². The highest BCUT2D eigenvalue weighted by atomic mass is 16.5. The zero-order chi connectivity index (χ0) is 15.8. The molecule has 0 amide bonds. The van der Waals surface area contributed by atoms with E-state index in [0.717, 1.165) is 16.3 Å². The van der Waals surface area contributed by atoms with Gasteiger partial charge in [0.1, 0.15) is 17.1 Å². The second kappa shape index (κ2) is 5.29.